The molecule has 0 aliphatic carbocycles. The van der Waals surface area contributed by atoms with E-state index in [1.807, 2.05) is 19.1 Å². The number of phenols is 1. The van der Waals surface area contributed by atoms with Crippen molar-refractivity contribution in [2.24, 2.45) is 0 Å². The zero-order chi connectivity index (χ0) is 13.9. The molecule has 4 nitrogen and oxygen atoms in total. The number of phenolic OH excluding ortho intramolecular Hbond substituents is 1. The van der Waals surface area contributed by atoms with Gasteiger partial charge >= 0.3 is 0 Å². The van der Waals surface area contributed by atoms with Crippen LogP contribution in [0.5, 0.6) is 5.75 Å². The maximum absolute atomic E-state index is 12.2. The zero-order valence-electron chi connectivity index (χ0n) is 10.5. The fourth-order valence-electron chi connectivity index (χ4n) is 1.78. The molecule has 2 N–H and O–H groups in total. The van der Waals surface area contributed by atoms with Crippen molar-refractivity contribution < 1.29 is 13.5 Å². The zero-order valence-corrected chi connectivity index (χ0v) is 11.3. The number of aryl methyl sites for hydroxylation is 1. The van der Waals surface area contributed by atoms with E-state index in [1.54, 1.807) is 12.1 Å². The van der Waals surface area contributed by atoms with Gasteiger partial charge in [-0.1, -0.05) is 31.2 Å². The lowest BCUT2D eigenvalue weighted by Crippen LogP contribution is -2.14. The van der Waals surface area contributed by atoms with Crippen LogP contribution in [0.25, 0.3) is 0 Å². The smallest absolute Gasteiger partial charge is 0.262 e. The van der Waals surface area contributed by atoms with Gasteiger partial charge in [-0.05, 0) is 30.2 Å². The summed E-state index contributed by atoms with van der Waals surface area (Å²) in [6.07, 6.45) is 0.735. The van der Waals surface area contributed by atoms with Crippen LogP contribution >= 0.6 is 0 Å². The molecule has 0 aromatic heterocycles. The van der Waals surface area contributed by atoms with Crippen LogP contribution in [-0.2, 0) is 16.4 Å². The van der Waals surface area contributed by atoms with Gasteiger partial charge in [0.15, 0.2) is 0 Å². The molecule has 0 aliphatic rings. The van der Waals surface area contributed by atoms with E-state index in [0.29, 0.717) is 5.69 Å². The summed E-state index contributed by atoms with van der Waals surface area (Å²) >= 11 is 0. The molecule has 2 rings (SSSR count). The minimum atomic E-state index is -3.68. The van der Waals surface area contributed by atoms with E-state index in [1.165, 1.54) is 24.3 Å². The summed E-state index contributed by atoms with van der Waals surface area (Å²) < 4.78 is 26.9. The number of anilines is 1. The summed E-state index contributed by atoms with van der Waals surface area (Å²) in [5, 5.41) is 9.35. The van der Waals surface area contributed by atoms with Gasteiger partial charge in [0.05, 0.1) is 10.6 Å². The molecule has 0 saturated carbocycles. The summed E-state index contributed by atoms with van der Waals surface area (Å²) in [5.41, 5.74) is 1.49. The highest BCUT2D eigenvalue weighted by Gasteiger charge is 2.15. The van der Waals surface area contributed by atoms with Crippen LogP contribution in [0.2, 0.25) is 0 Å². The molecule has 19 heavy (non-hydrogen) atoms. The Morgan fingerprint density at radius 2 is 1.84 bits per heavy atom. The summed E-state index contributed by atoms with van der Waals surface area (Å²) in [4.78, 5) is 0.0402. The second-order valence-corrected chi connectivity index (χ2v) is 5.80. The van der Waals surface area contributed by atoms with Crippen LogP contribution in [0.3, 0.4) is 0 Å². The van der Waals surface area contributed by atoms with Crippen molar-refractivity contribution in [2.75, 3.05) is 4.72 Å². The molecule has 5 heteroatoms. The summed E-state index contributed by atoms with van der Waals surface area (Å²) in [7, 11) is -3.68. The molecule has 0 saturated heterocycles. The Hall–Kier alpha value is -2.01. The quantitative estimate of drug-likeness (QED) is 0.903. The van der Waals surface area contributed by atoms with E-state index in [0.717, 1.165) is 12.0 Å². The number of benzene rings is 2. The van der Waals surface area contributed by atoms with Gasteiger partial charge in [0.1, 0.15) is 5.75 Å². The van der Waals surface area contributed by atoms with Crippen molar-refractivity contribution >= 4 is 15.7 Å². The minimum Gasteiger partial charge on any atom is -0.508 e. The fraction of sp³-hybridized carbons (Fsp3) is 0.143. The predicted octanol–water partition coefficient (Wildman–Crippen LogP) is 2.76. The maximum atomic E-state index is 12.2. The van der Waals surface area contributed by atoms with Crippen LogP contribution in [0.1, 0.15) is 12.5 Å². The first-order valence-corrected chi connectivity index (χ1v) is 7.41. The average Bonchev–Trinajstić information content (AvgIpc) is 2.39. The molecule has 100 valence electrons. The van der Waals surface area contributed by atoms with Gasteiger partial charge in [-0.15, -0.1) is 0 Å². The molecule has 0 atom stereocenters. The first-order chi connectivity index (χ1) is 9.03. The van der Waals surface area contributed by atoms with Crippen molar-refractivity contribution in [1.82, 2.24) is 0 Å². The SMILES string of the molecule is CCc1ccccc1NS(=O)(=O)c1cccc(O)c1. The van der Waals surface area contributed by atoms with E-state index >= 15 is 0 Å². The predicted molar refractivity (Wildman–Crippen MR) is 74.7 cm³/mol. The largest absolute Gasteiger partial charge is 0.508 e. The number of hydrogen-bond acceptors (Lipinski definition) is 3. The van der Waals surface area contributed by atoms with Gasteiger partial charge in [0.25, 0.3) is 10.0 Å². The van der Waals surface area contributed by atoms with Crippen LogP contribution in [0, 0.1) is 0 Å². The first kappa shape index (κ1) is 13.4. The molecule has 0 spiro atoms. The Bertz CT molecular complexity index is 681. The Balaban J connectivity index is 2.37. The van der Waals surface area contributed by atoms with Crippen LogP contribution in [0.4, 0.5) is 5.69 Å². The molecule has 0 unspecified atom stereocenters. The third-order valence-electron chi connectivity index (χ3n) is 2.77. The fourth-order valence-corrected chi connectivity index (χ4v) is 2.92. The van der Waals surface area contributed by atoms with Crippen LogP contribution in [-0.4, -0.2) is 13.5 Å². The molecular formula is C14H15NO3S. The van der Waals surface area contributed by atoms with E-state index in [-0.39, 0.29) is 10.6 Å². The highest BCUT2D eigenvalue weighted by atomic mass is 32.2. The summed E-state index contributed by atoms with van der Waals surface area (Å²) in [6, 6.07) is 12.8. The summed E-state index contributed by atoms with van der Waals surface area (Å²) in [5.74, 6) is -0.0772. The molecule has 0 bridgehead atoms. The second kappa shape index (κ2) is 5.32. The molecule has 0 aliphatic heterocycles. The van der Waals surface area contributed by atoms with E-state index in [2.05, 4.69) is 4.72 Å². The highest BCUT2D eigenvalue weighted by molar-refractivity contribution is 7.92. The number of sulfonamides is 1. The van der Waals surface area contributed by atoms with Gasteiger partial charge < -0.3 is 5.11 Å². The van der Waals surface area contributed by atoms with Crippen molar-refractivity contribution in [3.8, 4) is 5.75 Å². The van der Waals surface area contributed by atoms with Crippen LogP contribution in [0.15, 0.2) is 53.4 Å². The van der Waals surface area contributed by atoms with E-state index < -0.39 is 10.0 Å². The normalized spacial score (nSPS) is 11.2. The number of nitrogens with one attached hydrogen (secondary N) is 1. The van der Waals surface area contributed by atoms with Gasteiger partial charge in [-0.3, -0.25) is 4.72 Å². The van der Waals surface area contributed by atoms with Crippen molar-refractivity contribution in [2.45, 2.75) is 18.2 Å². The lowest BCUT2D eigenvalue weighted by molar-refractivity contribution is 0.473. The Morgan fingerprint density at radius 1 is 1.11 bits per heavy atom. The van der Waals surface area contributed by atoms with Gasteiger partial charge in [0, 0.05) is 6.07 Å². The van der Waals surface area contributed by atoms with Crippen molar-refractivity contribution in [3.05, 3.63) is 54.1 Å². The van der Waals surface area contributed by atoms with Crippen molar-refractivity contribution in [3.63, 3.8) is 0 Å². The van der Waals surface area contributed by atoms with Gasteiger partial charge in [-0.2, -0.15) is 0 Å². The van der Waals surface area contributed by atoms with Crippen LogP contribution < -0.4 is 4.72 Å². The Morgan fingerprint density at radius 3 is 2.53 bits per heavy atom. The molecule has 2 aromatic rings. The minimum absolute atomic E-state index is 0.0402. The molecule has 0 radical (unpaired) electrons. The lowest BCUT2D eigenvalue weighted by atomic mass is 10.1. The monoisotopic (exact) mass is 277 g/mol. The molecule has 0 heterocycles. The number of hydrogen-bond donors (Lipinski definition) is 2. The molecule has 2 aromatic carbocycles. The standard InChI is InChI=1S/C14H15NO3S/c1-2-11-6-3-4-9-14(11)15-19(17,18)13-8-5-7-12(16)10-13/h3-10,15-16H,2H2,1H3. The Labute approximate surface area is 112 Å². The van der Waals surface area contributed by atoms with E-state index in [4.69, 9.17) is 0 Å². The van der Waals surface area contributed by atoms with Gasteiger partial charge in [-0.25, -0.2) is 8.42 Å². The first-order valence-electron chi connectivity index (χ1n) is 5.92. The molecule has 0 fully saturated rings. The average molecular weight is 277 g/mol. The molecule has 0 amide bonds. The van der Waals surface area contributed by atoms with E-state index in [9.17, 15) is 13.5 Å². The molecular weight excluding hydrogens is 262 g/mol. The third kappa shape index (κ3) is 3.06. The third-order valence-corrected chi connectivity index (χ3v) is 4.13. The van der Waals surface area contributed by atoms with Crippen molar-refractivity contribution in [1.29, 1.82) is 0 Å². The Kier molecular flexibility index (Phi) is 3.76. The highest BCUT2D eigenvalue weighted by Crippen LogP contribution is 2.22. The van der Waals surface area contributed by atoms with Gasteiger partial charge in [0.2, 0.25) is 0 Å². The number of aromatic hydroxyl groups is 1. The number of para-hydroxylation sites is 1. The lowest BCUT2D eigenvalue weighted by Gasteiger charge is -2.11. The maximum Gasteiger partial charge on any atom is 0.262 e. The second-order valence-electron chi connectivity index (χ2n) is 4.11. The number of rotatable bonds is 4. The summed E-state index contributed by atoms with van der Waals surface area (Å²) in [6.45, 7) is 1.96. The topological polar surface area (TPSA) is 66.4 Å².